The molecule has 2 heterocycles. The lowest BCUT2D eigenvalue weighted by atomic mass is 9.95. The van der Waals surface area contributed by atoms with Crippen molar-refractivity contribution in [1.82, 2.24) is 60.0 Å². The van der Waals surface area contributed by atoms with E-state index in [1.807, 2.05) is 122 Å². The zero-order chi connectivity index (χ0) is 75.1. The van der Waals surface area contributed by atoms with Crippen molar-refractivity contribution in [2.45, 2.75) is 222 Å². The molecule has 0 unspecified atom stereocenters. The van der Waals surface area contributed by atoms with Gasteiger partial charge in [0.2, 0.25) is 23.6 Å². The van der Waals surface area contributed by atoms with Gasteiger partial charge in [0, 0.05) is 137 Å². The number of nitrogens with one attached hydrogen (secondary N) is 3. The zero-order valence-corrected chi connectivity index (χ0v) is 64.8. The lowest BCUT2D eigenvalue weighted by Crippen LogP contribution is -2.51. The van der Waals surface area contributed by atoms with Crippen molar-refractivity contribution in [3.8, 4) is 0 Å². The number of hydrogen-bond acceptors (Lipinski definition) is 24. The van der Waals surface area contributed by atoms with Crippen molar-refractivity contribution in [2.24, 2.45) is 0 Å². The fourth-order valence-electron chi connectivity index (χ4n) is 11.6. The van der Waals surface area contributed by atoms with E-state index in [1.54, 1.807) is 41.5 Å². The van der Waals surface area contributed by atoms with Crippen LogP contribution >= 0.6 is 0 Å². The highest BCUT2D eigenvalue weighted by Gasteiger charge is 2.30. The maximum atomic E-state index is 14.1. The molecule has 576 valence electrons. The second-order valence-corrected chi connectivity index (χ2v) is 33.0. The quantitative estimate of drug-likeness (QED) is 0.0573. The van der Waals surface area contributed by atoms with Crippen LogP contribution in [0.25, 0.3) is 0 Å². The summed E-state index contributed by atoms with van der Waals surface area (Å²) < 4.78 is 34.2. The largest absolute Gasteiger partial charge is 0.459 e. The fourth-order valence-corrected chi connectivity index (χ4v) is 11.6. The average Bonchev–Trinajstić information content (AvgIpc) is 0.898. The molecule has 2 aliphatic heterocycles. The number of esters is 6. The van der Waals surface area contributed by atoms with Gasteiger partial charge in [0.15, 0.2) is 0 Å². The molecular formula is C72H132N12O16. The van der Waals surface area contributed by atoms with Crippen LogP contribution in [0.15, 0.2) is 0 Å². The van der Waals surface area contributed by atoms with Crippen LogP contribution < -0.4 is 16.0 Å². The molecule has 28 nitrogen and oxygen atoms in total. The van der Waals surface area contributed by atoms with E-state index < -0.39 is 63.5 Å². The molecule has 28 heteroatoms. The van der Waals surface area contributed by atoms with Crippen molar-refractivity contribution in [3.63, 3.8) is 0 Å². The average molecular weight is 1420 g/mol. The van der Waals surface area contributed by atoms with E-state index in [-0.39, 0.29) is 114 Å². The van der Waals surface area contributed by atoms with Crippen LogP contribution in [0, 0.1) is 0 Å². The Morgan fingerprint density at radius 3 is 0.830 bits per heavy atom. The van der Waals surface area contributed by atoms with Crippen LogP contribution in [0.4, 0.5) is 0 Å². The molecule has 3 N–H and O–H groups in total. The first-order valence-corrected chi connectivity index (χ1v) is 36.5. The highest BCUT2D eigenvalue weighted by Crippen LogP contribution is 2.19. The summed E-state index contributed by atoms with van der Waals surface area (Å²) in [6, 6.07) is 0.0270. The summed E-state index contributed by atoms with van der Waals surface area (Å²) in [4.78, 5) is 152. The molecule has 3 fully saturated rings. The Kier molecular flexibility index (Phi) is 38.0. The third kappa shape index (κ3) is 44.7. The third-order valence-electron chi connectivity index (χ3n) is 16.0. The number of nitrogens with zero attached hydrogens (tertiary/aromatic N) is 9. The van der Waals surface area contributed by atoms with Crippen LogP contribution in [-0.4, -0.2) is 326 Å². The van der Waals surface area contributed by atoms with Gasteiger partial charge in [0.25, 0.3) is 0 Å². The van der Waals surface area contributed by atoms with Gasteiger partial charge in [-0.2, -0.15) is 0 Å². The Bertz CT molecular complexity index is 2470. The monoisotopic (exact) mass is 1420 g/mol. The Balaban J connectivity index is 1.73. The molecule has 0 atom stereocenters. The minimum Gasteiger partial charge on any atom is -0.459 e. The molecular weight excluding hydrogens is 1290 g/mol. The number of carbonyl (C=O) groups is 10. The first-order chi connectivity index (χ1) is 46.3. The van der Waals surface area contributed by atoms with E-state index >= 15 is 0 Å². The minimum absolute atomic E-state index is 0.00273. The summed E-state index contributed by atoms with van der Waals surface area (Å²) in [7, 11) is 0. The van der Waals surface area contributed by atoms with Crippen LogP contribution in [-0.2, 0) is 76.4 Å². The summed E-state index contributed by atoms with van der Waals surface area (Å²) in [5.74, 6) is -3.44. The second-order valence-electron chi connectivity index (χ2n) is 33.0. The van der Waals surface area contributed by atoms with Crippen LogP contribution in [0.3, 0.4) is 0 Å². The SMILES string of the molecule is CC(C)(C)OC(=O)CN1CCN(CC(=O)NCCCCCC(=O)N(CCNC(=O)CN2CCN(CC(=O)OC(C)(C)C)CCN(CC(=O)OC(C)(C)C)CCN(CC(=O)OC(C)(C)C)CC2)CC(=O)NC2CCCCC2)CCN(CC(=O)OC(C)(C)C)CCN(CC(=O)OC(C)(C)C)CC1. The van der Waals surface area contributed by atoms with Crippen LogP contribution in [0.5, 0.6) is 0 Å². The number of unbranched alkanes of at least 4 members (excludes halogenated alkanes) is 2. The summed E-state index contributed by atoms with van der Waals surface area (Å²) in [5.41, 5.74) is -4.22. The molecule has 1 aliphatic carbocycles. The van der Waals surface area contributed by atoms with Gasteiger partial charge in [-0.3, -0.25) is 87.1 Å². The van der Waals surface area contributed by atoms with Gasteiger partial charge in [0.05, 0.1) is 58.9 Å². The highest BCUT2D eigenvalue weighted by atomic mass is 16.6. The predicted octanol–water partition coefficient (Wildman–Crippen LogP) is 3.55. The highest BCUT2D eigenvalue weighted by molar-refractivity contribution is 5.85. The van der Waals surface area contributed by atoms with Gasteiger partial charge in [-0.25, -0.2) is 0 Å². The van der Waals surface area contributed by atoms with E-state index in [0.717, 1.165) is 32.1 Å². The van der Waals surface area contributed by atoms with Crippen molar-refractivity contribution >= 4 is 59.4 Å². The number of amides is 4. The van der Waals surface area contributed by atoms with E-state index in [9.17, 15) is 47.9 Å². The van der Waals surface area contributed by atoms with Gasteiger partial charge in [0.1, 0.15) is 33.6 Å². The molecule has 0 aromatic heterocycles. The molecule has 0 aromatic rings. The van der Waals surface area contributed by atoms with Crippen LogP contribution in [0.1, 0.15) is 182 Å². The molecule has 0 aromatic carbocycles. The summed E-state index contributed by atoms with van der Waals surface area (Å²) >= 11 is 0. The Morgan fingerprint density at radius 2 is 0.570 bits per heavy atom. The van der Waals surface area contributed by atoms with E-state index in [2.05, 4.69) is 16.0 Å². The fraction of sp³-hybridized carbons (Fsp3) is 0.861. The number of hydrogen-bond donors (Lipinski definition) is 3. The molecule has 100 heavy (non-hydrogen) atoms. The van der Waals surface area contributed by atoms with Gasteiger partial charge < -0.3 is 49.3 Å². The number of rotatable bonds is 28. The topological polar surface area (TPSA) is 291 Å². The van der Waals surface area contributed by atoms with Crippen molar-refractivity contribution < 1.29 is 76.4 Å². The number of ether oxygens (including phenoxy) is 6. The Hall–Kier alpha value is -5.62. The first kappa shape index (κ1) is 88.6. The lowest BCUT2D eigenvalue weighted by Gasteiger charge is -2.34. The van der Waals surface area contributed by atoms with Gasteiger partial charge in [-0.15, -0.1) is 0 Å². The molecule has 0 bridgehead atoms. The standard InChI is InChI=1S/C72H132N12O16/c1-67(2,3)95-61(89)50-78-35-31-76(32-36-79(51-62(90)96-68(4,5)6)40-44-82(43-39-78)54-65(93)99-71(13,14)15)47-57(85)73-28-24-20-23-27-60(88)84(49-59(87)75-56-25-21-19-22-26-56)30-29-74-58(86)48-77-33-37-80(52-63(91)97-69(7,8)9)41-45-83(55-66(94)100-72(16,17)18)46-42-81(38-34-77)53-64(92)98-70(10,11)12/h56H,19-55H2,1-18H3,(H,73,85)(H,74,86)(H,75,87). The van der Waals surface area contributed by atoms with Gasteiger partial charge in [-0.05, 0) is 150 Å². The maximum Gasteiger partial charge on any atom is 0.320 e. The van der Waals surface area contributed by atoms with E-state index in [0.29, 0.717) is 131 Å². The molecule has 0 spiro atoms. The second kappa shape index (κ2) is 42.8. The Labute approximate surface area is 598 Å². The summed E-state index contributed by atoms with van der Waals surface area (Å²) in [5, 5.41) is 9.16. The third-order valence-corrected chi connectivity index (χ3v) is 16.0. The minimum atomic E-state index is -0.718. The normalized spacial score (nSPS) is 18.1. The zero-order valence-electron chi connectivity index (χ0n) is 64.8. The molecule has 0 radical (unpaired) electrons. The van der Waals surface area contributed by atoms with Crippen molar-refractivity contribution in [3.05, 3.63) is 0 Å². The Morgan fingerprint density at radius 1 is 0.320 bits per heavy atom. The summed E-state index contributed by atoms with van der Waals surface area (Å²) in [6.07, 6.45) is 6.66. The lowest BCUT2D eigenvalue weighted by molar-refractivity contribution is -0.158. The molecule has 4 amide bonds. The van der Waals surface area contributed by atoms with Crippen molar-refractivity contribution in [2.75, 3.05) is 183 Å². The van der Waals surface area contributed by atoms with Crippen molar-refractivity contribution in [1.29, 1.82) is 0 Å². The molecule has 3 aliphatic rings. The predicted molar refractivity (Wildman–Crippen MR) is 383 cm³/mol. The van der Waals surface area contributed by atoms with Gasteiger partial charge in [-0.1, -0.05) is 25.7 Å². The first-order valence-electron chi connectivity index (χ1n) is 36.5. The van der Waals surface area contributed by atoms with E-state index in [1.165, 1.54) is 4.90 Å². The van der Waals surface area contributed by atoms with Crippen LogP contribution in [0.2, 0.25) is 0 Å². The smallest absolute Gasteiger partial charge is 0.320 e. The van der Waals surface area contributed by atoms with E-state index in [4.69, 9.17) is 28.4 Å². The molecule has 1 saturated carbocycles. The summed E-state index contributed by atoms with van der Waals surface area (Å²) in [6.45, 7) is 39.0. The number of carbonyl (C=O) groups excluding carboxylic acids is 10. The molecule has 2 saturated heterocycles. The van der Waals surface area contributed by atoms with Gasteiger partial charge >= 0.3 is 35.8 Å². The molecule has 3 rings (SSSR count). The maximum absolute atomic E-state index is 14.1.